The summed E-state index contributed by atoms with van der Waals surface area (Å²) < 4.78 is 0. The number of rotatable bonds is 3. The van der Waals surface area contributed by atoms with Crippen LogP contribution in [-0.4, -0.2) is 16.5 Å². The van der Waals surface area contributed by atoms with E-state index in [-0.39, 0.29) is 0 Å². The maximum atomic E-state index is 2.25. The van der Waals surface area contributed by atoms with Gasteiger partial charge in [-0.25, -0.2) is 0 Å². The van der Waals surface area contributed by atoms with Gasteiger partial charge in [0.25, 0.3) is 0 Å². The molecule has 0 unspecified atom stereocenters. The zero-order valence-corrected chi connectivity index (χ0v) is 9.02. The molecule has 0 aromatic heterocycles. The fourth-order valence-corrected chi connectivity index (χ4v) is 1.55. The molecule has 0 radical (unpaired) electrons. The van der Waals surface area contributed by atoms with E-state index in [2.05, 4.69) is 6.92 Å². The third kappa shape index (κ3) is 4.54. The first-order valence-corrected chi connectivity index (χ1v) is 5.88. The van der Waals surface area contributed by atoms with Crippen molar-refractivity contribution in [3.05, 3.63) is 0 Å². The van der Waals surface area contributed by atoms with E-state index in [0.29, 0.717) is 0 Å². The Balaban J connectivity index is 2.34. The average Bonchev–Trinajstić information content (AvgIpc) is 1.61. The first-order valence-electron chi connectivity index (χ1n) is 2.91. The number of hydrogen-bond donors (Lipinski definition) is 0. The summed E-state index contributed by atoms with van der Waals surface area (Å²) in [5.41, 5.74) is 0. The average molecular weight is 147 g/mol. The number of hydrogen-bond acceptors (Lipinski definition) is 0. The van der Waals surface area contributed by atoms with Crippen molar-refractivity contribution in [2.75, 3.05) is 0 Å². The fraction of sp³-hybridized carbons (Fsp3) is 1.00. The van der Waals surface area contributed by atoms with Crippen LogP contribution >= 0.6 is 0 Å². The van der Waals surface area contributed by atoms with Crippen molar-refractivity contribution in [1.29, 1.82) is 0 Å². The minimum atomic E-state index is 1.11. The number of unbranched alkanes of at least 4 members (excludes halogenated alkanes) is 2. The molecule has 0 fully saturated rings. The Morgan fingerprint density at radius 2 is 2.00 bits per heavy atom. The van der Waals surface area contributed by atoms with Gasteiger partial charge in [-0.2, -0.15) is 0 Å². The molecule has 38 valence electrons. The van der Waals surface area contributed by atoms with Crippen molar-refractivity contribution in [2.45, 2.75) is 31.4 Å². The molecule has 0 amide bonds. The van der Waals surface area contributed by atoms with Crippen molar-refractivity contribution >= 4 is 16.5 Å². The van der Waals surface area contributed by atoms with Crippen LogP contribution in [0.3, 0.4) is 0 Å². The fourth-order valence-electron chi connectivity index (χ4n) is 0.500. The van der Waals surface area contributed by atoms with Gasteiger partial charge in [-0.1, -0.05) is 0 Å². The first kappa shape index (κ1) is 6.54. The van der Waals surface area contributed by atoms with Crippen LogP contribution in [0.1, 0.15) is 26.2 Å². The summed E-state index contributed by atoms with van der Waals surface area (Å²) in [7, 11) is 0. The summed E-state index contributed by atoms with van der Waals surface area (Å²) in [5, 5.41) is 1.54. The predicted molar refractivity (Wildman–Crippen MR) is 34.3 cm³/mol. The van der Waals surface area contributed by atoms with Crippen LogP contribution in [0.25, 0.3) is 0 Å². The second-order valence-electron chi connectivity index (χ2n) is 1.71. The Bertz CT molecular complexity index is 15.9. The summed E-state index contributed by atoms with van der Waals surface area (Å²) in [5.74, 6) is 0. The summed E-state index contributed by atoms with van der Waals surface area (Å²) in [6, 6.07) is 0. The Labute approximate surface area is 48.5 Å². The van der Waals surface area contributed by atoms with Crippen LogP contribution in [0.2, 0.25) is 5.25 Å². The standard InChI is InChI=1S/C5H14Ge/c1-2-3-4-5-6/h2-5H2,1,6H3. The molecule has 0 aromatic rings. The molecule has 6 heavy (non-hydrogen) atoms. The maximum absolute atomic E-state index is 2.25. The SMILES string of the molecule is CCCC[CH2][GeH3]. The van der Waals surface area contributed by atoms with E-state index in [1.807, 2.05) is 0 Å². The molecular weight excluding hydrogens is 133 g/mol. The topological polar surface area (TPSA) is 0 Å². The van der Waals surface area contributed by atoms with E-state index in [0.717, 1.165) is 16.5 Å². The van der Waals surface area contributed by atoms with Crippen LogP contribution in [0.4, 0.5) is 0 Å². The quantitative estimate of drug-likeness (QED) is 0.411. The van der Waals surface area contributed by atoms with Crippen LogP contribution < -0.4 is 0 Å². The first-order chi connectivity index (χ1) is 2.91. The summed E-state index contributed by atoms with van der Waals surface area (Å²) in [4.78, 5) is 0. The Hall–Kier alpha value is 0.543. The summed E-state index contributed by atoms with van der Waals surface area (Å²) >= 11 is 1.11. The molecule has 0 bridgehead atoms. The van der Waals surface area contributed by atoms with Crippen molar-refractivity contribution in [2.24, 2.45) is 0 Å². The predicted octanol–water partition coefficient (Wildman–Crippen LogP) is 0.960. The van der Waals surface area contributed by atoms with Gasteiger partial charge >= 0.3 is 48.0 Å². The zero-order valence-electron chi connectivity index (χ0n) is 4.83. The van der Waals surface area contributed by atoms with E-state index in [4.69, 9.17) is 0 Å². The van der Waals surface area contributed by atoms with Crippen molar-refractivity contribution in [3.63, 3.8) is 0 Å². The summed E-state index contributed by atoms with van der Waals surface area (Å²) in [6.07, 6.45) is 4.34. The molecule has 0 saturated heterocycles. The monoisotopic (exact) mass is 148 g/mol. The van der Waals surface area contributed by atoms with Gasteiger partial charge in [0.2, 0.25) is 0 Å². The molecule has 0 heterocycles. The van der Waals surface area contributed by atoms with E-state index >= 15 is 0 Å². The molecule has 0 rings (SSSR count). The molecule has 0 N–H and O–H groups in total. The molecule has 0 nitrogen and oxygen atoms in total. The van der Waals surface area contributed by atoms with E-state index in [9.17, 15) is 0 Å². The van der Waals surface area contributed by atoms with E-state index in [1.54, 1.807) is 5.25 Å². The second-order valence-corrected chi connectivity index (χ2v) is 3.81. The van der Waals surface area contributed by atoms with Crippen LogP contribution in [0, 0.1) is 0 Å². The second kappa shape index (κ2) is 5.54. The molecular formula is C5H14Ge. The minimum absolute atomic E-state index is 1.11. The van der Waals surface area contributed by atoms with Gasteiger partial charge < -0.3 is 0 Å². The molecule has 0 aliphatic carbocycles. The van der Waals surface area contributed by atoms with Crippen LogP contribution in [0.15, 0.2) is 0 Å². The van der Waals surface area contributed by atoms with Gasteiger partial charge in [0.05, 0.1) is 0 Å². The third-order valence-corrected chi connectivity index (χ3v) is 2.44. The van der Waals surface area contributed by atoms with Gasteiger partial charge in [-0.3, -0.25) is 0 Å². The normalized spacial score (nSPS) is 9.50. The molecule has 0 spiro atoms. The van der Waals surface area contributed by atoms with E-state index < -0.39 is 0 Å². The summed E-state index contributed by atoms with van der Waals surface area (Å²) in [6.45, 7) is 2.25. The Kier molecular flexibility index (Phi) is 6.04. The van der Waals surface area contributed by atoms with Gasteiger partial charge in [0.15, 0.2) is 0 Å². The molecule has 0 saturated carbocycles. The van der Waals surface area contributed by atoms with Gasteiger partial charge in [0.1, 0.15) is 0 Å². The van der Waals surface area contributed by atoms with Gasteiger partial charge in [0, 0.05) is 0 Å². The molecule has 1 heteroatoms. The van der Waals surface area contributed by atoms with Crippen LogP contribution in [0.5, 0.6) is 0 Å². The zero-order chi connectivity index (χ0) is 4.83. The van der Waals surface area contributed by atoms with Crippen LogP contribution in [-0.2, 0) is 0 Å². The molecule has 0 aromatic carbocycles. The van der Waals surface area contributed by atoms with Crippen molar-refractivity contribution < 1.29 is 0 Å². The third-order valence-electron chi connectivity index (χ3n) is 0.957. The molecule has 0 aliphatic rings. The van der Waals surface area contributed by atoms with Crippen molar-refractivity contribution in [3.8, 4) is 0 Å². The van der Waals surface area contributed by atoms with Gasteiger partial charge in [-0.05, 0) is 0 Å². The Morgan fingerprint density at radius 3 is 2.17 bits per heavy atom. The molecule has 0 atom stereocenters. The van der Waals surface area contributed by atoms with E-state index in [1.165, 1.54) is 19.3 Å². The Morgan fingerprint density at radius 1 is 1.33 bits per heavy atom. The molecule has 0 aliphatic heterocycles. The van der Waals surface area contributed by atoms with Crippen molar-refractivity contribution in [1.82, 2.24) is 0 Å². The van der Waals surface area contributed by atoms with Gasteiger partial charge in [-0.15, -0.1) is 0 Å².